The number of hydrogen-bond acceptors (Lipinski definition) is 3. The van der Waals surface area contributed by atoms with Gasteiger partial charge >= 0.3 is 11.9 Å². The molecule has 0 bridgehead atoms. The largest absolute Gasteiger partial charge is 0.420 e. The van der Waals surface area contributed by atoms with Gasteiger partial charge in [-0.15, -0.1) is 0 Å². The first-order valence-corrected chi connectivity index (χ1v) is 4.09. The number of hydrogen-bond donors (Lipinski definition) is 0. The molecular weight excluding hydrogens is 182 g/mol. The molecule has 0 aromatic heterocycles. The zero-order valence-corrected chi connectivity index (χ0v) is 7.48. The molecule has 0 atom stereocenters. The molecule has 1 aliphatic rings. The molecule has 0 radical (unpaired) electrons. The summed E-state index contributed by atoms with van der Waals surface area (Å²) in [6, 6.07) is 6.93. The van der Waals surface area contributed by atoms with E-state index in [-0.39, 0.29) is 5.76 Å². The molecule has 14 heavy (non-hydrogen) atoms. The Hall–Kier alpha value is -1.97. The van der Waals surface area contributed by atoms with Crippen molar-refractivity contribution in [3.05, 3.63) is 34.8 Å². The summed E-state index contributed by atoms with van der Waals surface area (Å²) in [7, 11) is 0. The van der Waals surface area contributed by atoms with Gasteiger partial charge in [-0.3, -0.25) is 9.59 Å². The molecule has 2 rings (SSSR count). The smallest absolute Gasteiger partial charge is 0.314 e. The zero-order valence-electron chi connectivity index (χ0n) is 7.48. The van der Waals surface area contributed by atoms with Crippen LogP contribution < -0.4 is 10.6 Å². The highest BCUT2D eigenvalue weighted by molar-refractivity contribution is 6.14. The van der Waals surface area contributed by atoms with Crippen molar-refractivity contribution >= 4 is 17.6 Å². The highest BCUT2D eigenvalue weighted by Gasteiger charge is 2.18. The van der Waals surface area contributed by atoms with E-state index < -0.39 is 11.9 Å². The molecule has 0 unspecified atom stereocenters. The Morgan fingerprint density at radius 3 is 2.79 bits per heavy atom. The summed E-state index contributed by atoms with van der Waals surface area (Å²) in [4.78, 5) is 25.7. The fourth-order valence-electron chi connectivity index (χ4n) is 1.28. The molecule has 70 valence electrons. The lowest BCUT2D eigenvalue weighted by Crippen LogP contribution is -2.23. The van der Waals surface area contributed by atoms with Crippen LogP contribution in [0.2, 0.25) is 0 Å². The van der Waals surface area contributed by atoms with Crippen LogP contribution in [-0.4, -0.2) is 11.9 Å². The Labute approximate surface area is 79.5 Å². The summed E-state index contributed by atoms with van der Waals surface area (Å²) < 4.78 is 4.78. The van der Waals surface area contributed by atoms with Gasteiger partial charge in [0.15, 0.2) is 0 Å². The third-order valence-corrected chi connectivity index (χ3v) is 1.81. The maximum atomic E-state index is 11.3. The Kier molecular flexibility index (Phi) is 1.89. The molecule has 1 heterocycles. The minimum atomic E-state index is -0.514. The van der Waals surface area contributed by atoms with Crippen LogP contribution in [-0.2, 0) is 14.3 Å². The topological polar surface area (TPSA) is 55.7 Å². The van der Waals surface area contributed by atoms with E-state index in [2.05, 4.69) is 4.99 Å². The molecule has 0 fully saturated rings. The summed E-state index contributed by atoms with van der Waals surface area (Å²) >= 11 is 0. The van der Waals surface area contributed by atoms with Crippen molar-refractivity contribution < 1.29 is 14.3 Å². The fourth-order valence-corrected chi connectivity index (χ4v) is 1.28. The molecule has 0 spiro atoms. The molecule has 1 amide bonds. The van der Waals surface area contributed by atoms with Crippen LogP contribution in [0.5, 0.6) is 0 Å². The maximum absolute atomic E-state index is 11.3. The molecule has 0 N–H and O–H groups in total. The van der Waals surface area contributed by atoms with Gasteiger partial charge in [-0.05, 0) is 12.1 Å². The predicted molar refractivity (Wildman–Crippen MR) is 47.4 cm³/mol. The number of fused-ring (bicyclic) bond motifs is 1. The summed E-state index contributed by atoms with van der Waals surface area (Å²) in [6.45, 7) is 1.25. The van der Waals surface area contributed by atoms with Gasteiger partial charge in [-0.1, -0.05) is 12.1 Å². The van der Waals surface area contributed by atoms with Crippen molar-refractivity contribution in [1.29, 1.82) is 0 Å². The van der Waals surface area contributed by atoms with Crippen LogP contribution in [0.3, 0.4) is 0 Å². The molecule has 4 nitrogen and oxygen atoms in total. The van der Waals surface area contributed by atoms with E-state index in [9.17, 15) is 9.59 Å². The summed E-state index contributed by atoms with van der Waals surface area (Å²) in [5, 5.41) is 1.13. The predicted octanol–water partition coefficient (Wildman–Crippen LogP) is -0.482. The standard InChI is InChI=1S/C10H7NO3/c1-6(12)14-9-7-4-2-3-5-8(7)11-10(9)13/h2-5H,1H3. The summed E-state index contributed by atoms with van der Waals surface area (Å²) in [6.07, 6.45) is 0. The van der Waals surface area contributed by atoms with E-state index in [1.165, 1.54) is 6.92 Å². The van der Waals surface area contributed by atoms with E-state index in [0.717, 1.165) is 0 Å². The lowest BCUT2D eigenvalue weighted by Gasteiger charge is -1.97. The van der Waals surface area contributed by atoms with E-state index in [4.69, 9.17) is 4.74 Å². The van der Waals surface area contributed by atoms with Gasteiger partial charge in [0.1, 0.15) is 0 Å². The first-order chi connectivity index (χ1) is 6.68. The number of amides is 1. The molecular formula is C10H7NO3. The molecule has 1 aromatic carbocycles. The molecule has 1 aromatic rings. The van der Waals surface area contributed by atoms with Gasteiger partial charge < -0.3 is 4.74 Å². The van der Waals surface area contributed by atoms with Crippen LogP contribution in [0.4, 0.5) is 0 Å². The first kappa shape index (κ1) is 8.62. The Bertz CT molecular complexity index is 531. The van der Waals surface area contributed by atoms with E-state index in [0.29, 0.717) is 10.6 Å². The zero-order chi connectivity index (χ0) is 10.1. The van der Waals surface area contributed by atoms with Crippen molar-refractivity contribution in [2.75, 3.05) is 0 Å². The molecule has 0 saturated carbocycles. The number of esters is 1. The maximum Gasteiger partial charge on any atom is 0.314 e. The average Bonchev–Trinajstić information content (AvgIpc) is 2.43. The fraction of sp³-hybridized carbons (Fsp3) is 0.100. The van der Waals surface area contributed by atoms with Crippen molar-refractivity contribution in [3.63, 3.8) is 0 Å². The van der Waals surface area contributed by atoms with Gasteiger partial charge in [0.25, 0.3) is 0 Å². The van der Waals surface area contributed by atoms with Gasteiger partial charge in [0, 0.05) is 12.1 Å². The van der Waals surface area contributed by atoms with Crippen molar-refractivity contribution in [1.82, 2.24) is 0 Å². The number of carbonyl (C=O) groups is 2. The van der Waals surface area contributed by atoms with Gasteiger partial charge in [0.2, 0.25) is 5.76 Å². The number of nitrogens with zero attached hydrogens (tertiary/aromatic N) is 1. The van der Waals surface area contributed by atoms with E-state index >= 15 is 0 Å². The highest BCUT2D eigenvalue weighted by atomic mass is 16.5. The second kappa shape index (κ2) is 3.06. The van der Waals surface area contributed by atoms with Crippen molar-refractivity contribution in [3.8, 4) is 0 Å². The van der Waals surface area contributed by atoms with Crippen molar-refractivity contribution in [2.24, 2.45) is 4.99 Å². The monoisotopic (exact) mass is 189 g/mol. The van der Waals surface area contributed by atoms with Gasteiger partial charge in [-0.2, -0.15) is 0 Å². The van der Waals surface area contributed by atoms with E-state index in [1.54, 1.807) is 24.3 Å². The Morgan fingerprint density at radius 2 is 2.07 bits per heavy atom. The SMILES string of the molecule is CC(=O)OC1=c2ccccc2=NC1=O. The molecule has 0 saturated heterocycles. The minimum absolute atomic E-state index is 0.0214. The normalized spacial score (nSPS) is 13.5. The Balaban J connectivity index is 2.66. The number of para-hydroxylation sites is 1. The van der Waals surface area contributed by atoms with Crippen LogP contribution in [0, 0.1) is 0 Å². The van der Waals surface area contributed by atoms with Gasteiger partial charge in [-0.25, -0.2) is 4.99 Å². The van der Waals surface area contributed by atoms with Crippen LogP contribution in [0.25, 0.3) is 5.76 Å². The third kappa shape index (κ3) is 1.31. The average molecular weight is 189 g/mol. The second-order valence-electron chi connectivity index (χ2n) is 2.86. The molecule has 1 aliphatic heterocycles. The van der Waals surface area contributed by atoms with Gasteiger partial charge in [0.05, 0.1) is 5.36 Å². The summed E-state index contributed by atoms with van der Waals surface area (Å²) in [5.74, 6) is -0.991. The summed E-state index contributed by atoms with van der Waals surface area (Å²) in [5.41, 5.74) is 0. The molecule has 0 aliphatic carbocycles. The minimum Gasteiger partial charge on any atom is -0.420 e. The number of carbonyl (C=O) groups excluding carboxylic acids is 2. The van der Waals surface area contributed by atoms with Crippen molar-refractivity contribution in [2.45, 2.75) is 6.92 Å². The number of ether oxygens (including phenoxy) is 1. The van der Waals surface area contributed by atoms with Crippen LogP contribution >= 0.6 is 0 Å². The number of rotatable bonds is 1. The highest BCUT2D eigenvalue weighted by Crippen LogP contribution is 2.02. The first-order valence-electron chi connectivity index (χ1n) is 4.09. The van der Waals surface area contributed by atoms with Crippen LogP contribution in [0.1, 0.15) is 6.92 Å². The Morgan fingerprint density at radius 1 is 1.36 bits per heavy atom. The number of benzene rings is 1. The van der Waals surface area contributed by atoms with Crippen LogP contribution in [0.15, 0.2) is 29.3 Å². The lowest BCUT2D eigenvalue weighted by atomic mass is 10.3. The van der Waals surface area contributed by atoms with E-state index in [1.807, 2.05) is 0 Å². The second-order valence-corrected chi connectivity index (χ2v) is 2.86. The lowest BCUT2D eigenvalue weighted by molar-refractivity contribution is -0.136. The third-order valence-electron chi connectivity index (χ3n) is 1.81. The quantitative estimate of drug-likeness (QED) is 0.560. The molecule has 4 heteroatoms.